The molecule has 1 spiro atoms. The molecule has 2 aliphatic heterocycles. The molecule has 1 N–H and O–H groups in total. The van der Waals surface area contributed by atoms with E-state index in [4.69, 9.17) is 4.74 Å². The van der Waals surface area contributed by atoms with Gasteiger partial charge in [-0.15, -0.1) is 0 Å². The van der Waals surface area contributed by atoms with Crippen molar-refractivity contribution in [3.8, 4) is 0 Å². The van der Waals surface area contributed by atoms with E-state index in [2.05, 4.69) is 10.2 Å². The van der Waals surface area contributed by atoms with Gasteiger partial charge in [-0.25, -0.2) is 0 Å². The van der Waals surface area contributed by atoms with E-state index in [1.807, 2.05) is 16.8 Å². The van der Waals surface area contributed by atoms with Crippen LogP contribution in [0.2, 0.25) is 0 Å². The second-order valence-corrected chi connectivity index (χ2v) is 7.92. The average Bonchev–Trinajstić information content (AvgIpc) is 3.01. The Balaban J connectivity index is 1.34. The Morgan fingerprint density at radius 1 is 1.45 bits per heavy atom. The first-order valence-corrected chi connectivity index (χ1v) is 9.36. The Hall–Kier alpha value is -0.910. The van der Waals surface area contributed by atoms with Gasteiger partial charge < -0.3 is 15.0 Å². The maximum Gasteiger partial charge on any atom is 0.252 e. The summed E-state index contributed by atoms with van der Waals surface area (Å²) in [5.74, 6) is 1.00. The van der Waals surface area contributed by atoms with Crippen LogP contribution in [0.15, 0.2) is 16.8 Å². The van der Waals surface area contributed by atoms with Gasteiger partial charge in [-0.2, -0.15) is 11.3 Å². The van der Waals surface area contributed by atoms with E-state index < -0.39 is 0 Å². The molecule has 0 aromatic carbocycles. The predicted molar refractivity (Wildman–Crippen MR) is 87.3 cm³/mol. The second kappa shape index (κ2) is 5.95. The monoisotopic (exact) mass is 320 g/mol. The molecule has 22 heavy (non-hydrogen) atoms. The number of nitrogens with zero attached hydrogens (tertiary/aromatic N) is 1. The first-order valence-electron chi connectivity index (χ1n) is 8.42. The molecule has 1 aromatic heterocycles. The molecule has 120 valence electrons. The fourth-order valence-corrected chi connectivity index (χ4v) is 4.48. The molecule has 1 saturated carbocycles. The van der Waals surface area contributed by atoms with Crippen molar-refractivity contribution in [3.05, 3.63) is 22.4 Å². The number of thiophene rings is 1. The number of rotatable bonds is 4. The van der Waals surface area contributed by atoms with Crippen LogP contribution in [0, 0.1) is 5.92 Å². The smallest absolute Gasteiger partial charge is 0.252 e. The summed E-state index contributed by atoms with van der Waals surface area (Å²) in [4.78, 5) is 14.8. The highest BCUT2D eigenvalue weighted by Crippen LogP contribution is 2.37. The van der Waals surface area contributed by atoms with E-state index in [9.17, 15) is 4.79 Å². The fraction of sp³-hybridized carbons (Fsp3) is 0.706. The summed E-state index contributed by atoms with van der Waals surface area (Å²) in [7, 11) is 0. The van der Waals surface area contributed by atoms with Crippen molar-refractivity contribution in [3.63, 3.8) is 0 Å². The number of likely N-dealkylation sites (tertiary alicyclic amines) is 1. The van der Waals surface area contributed by atoms with Gasteiger partial charge in [-0.1, -0.05) is 0 Å². The van der Waals surface area contributed by atoms with Crippen LogP contribution in [0.4, 0.5) is 0 Å². The van der Waals surface area contributed by atoms with Gasteiger partial charge in [0.05, 0.1) is 5.60 Å². The molecular formula is C17H24N2O2S. The van der Waals surface area contributed by atoms with Gasteiger partial charge in [0.2, 0.25) is 0 Å². The molecule has 3 aliphatic rings. The molecule has 2 atom stereocenters. The lowest BCUT2D eigenvalue weighted by Crippen LogP contribution is -2.50. The largest absolute Gasteiger partial charge is 0.373 e. The fourth-order valence-electron chi connectivity index (χ4n) is 3.85. The van der Waals surface area contributed by atoms with E-state index in [0.29, 0.717) is 0 Å². The summed E-state index contributed by atoms with van der Waals surface area (Å²) in [6, 6.07) is 2.14. The van der Waals surface area contributed by atoms with Crippen LogP contribution in [0.5, 0.6) is 0 Å². The summed E-state index contributed by atoms with van der Waals surface area (Å²) < 4.78 is 6.17. The van der Waals surface area contributed by atoms with Crippen LogP contribution in [0.25, 0.3) is 0 Å². The number of nitrogens with one attached hydrogen (secondary N) is 1. The first kappa shape index (κ1) is 14.7. The number of hydrogen-bond acceptors (Lipinski definition) is 4. The molecule has 1 amide bonds. The van der Waals surface area contributed by atoms with Crippen molar-refractivity contribution in [2.75, 3.05) is 26.2 Å². The molecule has 0 radical (unpaired) electrons. The Bertz CT molecular complexity index is 529. The lowest BCUT2D eigenvalue weighted by atomic mass is 9.89. The van der Waals surface area contributed by atoms with Gasteiger partial charge in [-0.05, 0) is 49.5 Å². The van der Waals surface area contributed by atoms with E-state index in [0.717, 1.165) is 50.4 Å². The van der Waals surface area contributed by atoms with E-state index in [-0.39, 0.29) is 17.6 Å². The van der Waals surface area contributed by atoms with Crippen molar-refractivity contribution >= 4 is 17.2 Å². The zero-order valence-electron chi connectivity index (χ0n) is 12.9. The summed E-state index contributed by atoms with van der Waals surface area (Å²) in [6.07, 6.45) is 5.82. The highest BCUT2D eigenvalue weighted by atomic mass is 32.1. The molecule has 0 bridgehead atoms. The third-order valence-corrected chi connectivity index (χ3v) is 5.90. The van der Waals surface area contributed by atoms with E-state index >= 15 is 0 Å². The summed E-state index contributed by atoms with van der Waals surface area (Å²) in [6.45, 7) is 4.22. The van der Waals surface area contributed by atoms with Gasteiger partial charge in [0, 0.05) is 43.2 Å². The van der Waals surface area contributed by atoms with Crippen LogP contribution in [-0.4, -0.2) is 48.7 Å². The predicted octanol–water partition coefficient (Wildman–Crippen LogP) is 2.51. The Kier molecular flexibility index (Phi) is 3.96. The molecule has 4 nitrogen and oxygen atoms in total. The summed E-state index contributed by atoms with van der Waals surface area (Å²) in [5, 5.41) is 7.08. The topological polar surface area (TPSA) is 41.6 Å². The van der Waals surface area contributed by atoms with Gasteiger partial charge in [0.25, 0.3) is 5.91 Å². The zero-order valence-corrected chi connectivity index (χ0v) is 13.7. The Labute approximate surface area is 135 Å². The quantitative estimate of drug-likeness (QED) is 0.927. The third-order valence-electron chi connectivity index (χ3n) is 5.22. The number of ether oxygens (including phenoxy) is 1. The average molecular weight is 320 g/mol. The highest BCUT2D eigenvalue weighted by molar-refractivity contribution is 7.08. The zero-order chi connectivity index (χ0) is 15.0. The standard InChI is InChI=1S/C17H24N2O2S/c20-16(14-4-8-22-11-14)18-15-3-7-21-17(9-15)5-6-19(12-17)10-13-1-2-13/h4,8,11,13,15H,1-3,5-7,9-10,12H2,(H,18,20)/t15-,17-/m0/s1. The SMILES string of the molecule is O=C(N[C@H]1CCO[C@@]2(CCN(CC3CC3)C2)C1)c1ccsc1. The molecule has 5 heteroatoms. The van der Waals surface area contributed by atoms with Crippen LogP contribution >= 0.6 is 11.3 Å². The first-order chi connectivity index (χ1) is 10.7. The lowest BCUT2D eigenvalue weighted by molar-refractivity contribution is -0.0790. The summed E-state index contributed by atoms with van der Waals surface area (Å²) in [5.41, 5.74) is 0.770. The maximum absolute atomic E-state index is 12.2. The highest BCUT2D eigenvalue weighted by Gasteiger charge is 2.44. The molecule has 2 saturated heterocycles. The van der Waals surface area contributed by atoms with Crippen LogP contribution in [0.3, 0.4) is 0 Å². The van der Waals surface area contributed by atoms with Gasteiger partial charge in [0.15, 0.2) is 0 Å². The molecule has 1 aromatic rings. The van der Waals surface area contributed by atoms with Gasteiger partial charge >= 0.3 is 0 Å². The molecule has 4 rings (SSSR count). The van der Waals surface area contributed by atoms with Crippen LogP contribution < -0.4 is 5.32 Å². The van der Waals surface area contributed by atoms with Crippen molar-refractivity contribution < 1.29 is 9.53 Å². The molecule has 3 fully saturated rings. The molecule has 3 heterocycles. The lowest BCUT2D eigenvalue weighted by Gasteiger charge is -2.38. The van der Waals surface area contributed by atoms with Crippen molar-refractivity contribution in [1.82, 2.24) is 10.2 Å². The minimum Gasteiger partial charge on any atom is -0.373 e. The maximum atomic E-state index is 12.2. The number of carbonyl (C=O) groups excluding carboxylic acids is 1. The summed E-state index contributed by atoms with van der Waals surface area (Å²) >= 11 is 1.57. The normalized spacial score (nSPS) is 32.5. The molecule has 1 aliphatic carbocycles. The minimum atomic E-state index is -0.0142. The number of carbonyl (C=O) groups is 1. The van der Waals surface area contributed by atoms with Gasteiger partial charge in [-0.3, -0.25) is 4.79 Å². The third kappa shape index (κ3) is 3.21. The number of hydrogen-bond donors (Lipinski definition) is 1. The Morgan fingerprint density at radius 3 is 3.14 bits per heavy atom. The second-order valence-electron chi connectivity index (χ2n) is 7.14. The van der Waals surface area contributed by atoms with Gasteiger partial charge in [0.1, 0.15) is 0 Å². The van der Waals surface area contributed by atoms with Crippen molar-refractivity contribution in [1.29, 1.82) is 0 Å². The van der Waals surface area contributed by atoms with Crippen molar-refractivity contribution in [2.24, 2.45) is 5.92 Å². The van der Waals surface area contributed by atoms with E-state index in [1.165, 1.54) is 19.4 Å². The van der Waals surface area contributed by atoms with Crippen molar-refractivity contribution in [2.45, 2.75) is 43.7 Å². The number of amides is 1. The van der Waals surface area contributed by atoms with E-state index in [1.54, 1.807) is 11.3 Å². The Morgan fingerprint density at radius 2 is 2.36 bits per heavy atom. The van der Waals surface area contributed by atoms with Crippen LogP contribution in [-0.2, 0) is 4.74 Å². The molecule has 0 unspecified atom stereocenters. The van der Waals surface area contributed by atoms with Crippen LogP contribution in [0.1, 0.15) is 42.5 Å². The minimum absolute atomic E-state index is 0.0142. The molecular weight excluding hydrogens is 296 g/mol.